The van der Waals surface area contributed by atoms with E-state index in [1.807, 2.05) is 13.0 Å². The number of carbonyl (C=O) groups excluding carboxylic acids is 1. The van der Waals surface area contributed by atoms with E-state index in [9.17, 15) is 15.0 Å². The van der Waals surface area contributed by atoms with E-state index < -0.39 is 5.91 Å². The van der Waals surface area contributed by atoms with Crippen molar-refractivity contribution in [2.75, 3.05) is 7.05 Å². The number of furan rings is 1. The Bertz CT molecular complexity index is 583. The van der Waals surface area contributed by atoms with Crippen LogP contribution in [0, 0.1) is 6.92 Å². The van der Waals surface area contributed by atoms with Gasteiger partial charge < -0.3 is 19.5 Å². The summed E-state index contributed by atoms with van der Waals surface area (Å²) in [4.78, 5) is 13.5. The summed E-state index contributed by atoms with van der Waals surface area (Å²) in [6.07, 6.45) is 0. The van der Waals surface area contributed by atoms with Crippen molar-refractivity contribution in [2.45, 2.75) is 13.5 Å². The van der Waals surface area contributed by atoms with Gasteiger partial charge in [0.05, 0.1) is 6.54 Å². The maximum Gasteiger partial charge on any atom is 0.261 e. The van der Waals surface area contributed by atoms with Gasteiger partial charge >= 0.3 is 0 Å². The van der Waals surface area contributed by atoms with Gasteiger partial charge in [-0.25, -0.2) is 0 Å². The molecule has 2 N–H and O–H groups in total. The third kappa shape index (κ3) is 2.70. The quantitative estimate of drug-likeness (QED) is 0.888. The Morgan fingerprint density at radius 1 is 1.21 bits per heavy atom. The number of amides is 1. The Hall–Kier alpha value is -2.43. The molecule has 1 heterocycles. The Morgan fingerprint density at radius 2 is 1.84 bits per heavy atom. The van der Waals surface area contributed by atoms with Gasteiger partial charge in [-0.1, -0.05) is 6.07 Å². The Kier molecular flexibility index (Phi) is 3.46. The smallest absolute Gasteiger partial charge is 0.261 e. The number of carbonyl (C=O) groups is 1. The topological polar surface area (TPSA) is 73.9 Å². The van der Waals surface area contributed by atoms with Crippen molar-refractivity contribution in [2.24, 2.45) is 0 Å². The average molecular weight is 261 g/mol. The van der Waals surface area contributed by atoms with Gasteiger partial charge in [-0.2, -0.15) is 0 Å². The van der Waals surface area contributed by atoms with Crippen LogP contribution in [0.2, 0.25) is 0 Å². The minimum Gasteiger partial charge on any atom is -0.507 e. The number of hydrogen-bond acceptors (Lipinski definition) is 4. The highest BCUT2D eigenvalue weighted by Crippen LogP contribution is 2.27. The molecular formula is C14H15NO4. The van der Waals surface area contributed by atoms with E-state index in [0.29, 0.717) is 5.76 Å². The molecule has 0 aliphatic carbocycles. The predicted octanol–water partition coefficient (Wildman–Crippen LogP) is 2.27. The van der Waals surface area contributed by atoms with Gasteiger partial charge in [-0.15, -0.1) is 0 Å². The largest absolute Gasteiger partial charge is 0.507 e. The molecule has 0 saturated carbocycles. The molecule has 1 aromatic carbocycles. The van der Waals surface area contributed by atoms with Crippen LogP contribution in [-0.4, -0.2) is 28.1 Å². The summed E-state index contributed by atoms with van der Waals surface area (Å²) < 4.78 is 5.38. The highest BCUT2D eigenvalue weighted by molar-refractivity contribution is 5.99. The fraction of sp³-hybridized carbons (Fsp3) is 0.214. The SMILES string of the molecule is Cc1ccc(CN(C)C(=O)c2c(O)cccc2O)o1. The molecule has 0 unspecified atom stereocenters. The van der Waals surface area contributed by atoms with Crippen molar-refractivity contribution >= 4 is 5.91 Å². The van der Waals surface area contributed by atoms with Crippen molar-refractivity contribution in [3.63, 3.8) is 0 Å². The summed E-state index contributed by atoms with van der Waals surface area (Å²) in [6, 6.07) is 7.78. The third-order valence-electron chi connectivity index (χ3n) is 2.77. The van der Waals surface area contributed by atoms with Crippen LogP contribution in [0.4, 0.5) is 0 Å². The maximum absolute atomic E-state index is 12.2. The summed E-state index contributed by atoms with van der Waals surface area (Å²) in [5.41, 5.74) is -0.103. The van der Waals surface area contributed by atoms with Crippen LogP contribution in [0.25, 0.3) is 0 Å². The van der Waals surface area contributed by atoms with Crippen molar-refractivity contribution in [1.82, 2.24) is 4.90 Å². The number of aryl methyl sites for hydroxylation is 1. The van der Waals surface area contributed by atoms with E-state index >= 15 is 0 Å². The lowest BCUT2D eigenvalue weighted by atomic mass is 10.1. The van der Waals surface area contributed by atoms with Gasteiger partial charge in [0.15, 0.2) is 0 Å². The van der Waals surface area contributed by atoms with Crippen LogP contribution >= 0.6 is 0 Å². The molecule has 0 saturated heterocycles. The number of rotatable bonds is 3. The van der Waals surface area contributed by atoms with E-state index in [0.717, 1.165) is 5.76 Å². The molecule has 100 valence electrons. The molecule has 0 bridgehead atoms. The molecule has 5 nitrogen and oxygen atoms in total. The van der Waals surface area contributed by atoms with Gasteiger partial charge in [0, 0.05) is 7.05 Å². The number of nitrogens with zero attached hydrogens (tertiary/aromatic N) is 1. The second-order valence-electron chi connectivity index (χ2n) is 4.34. The predicted molar refractivity (Wildman–Crippen MR) is 69.0 cm³/mol. The van der Waals surface area contributed by atoms with Crippen molar-refractivity contribution in [3.05, 3.63) is 47.4 Å². The first-order valence-corrected chi connectivity index (χ1v) is 5.80. The number of hydrogen-bond donors (Lipinski definition) is 2. The molecule has 5 heteroatoms. The van der Waals surface area contributed by atoms with E-state index in [4.69, 9.17) is 4.42 Å². The first-order valence-electron chi connectivity index (χ1n) is 5.80. The molecular weight excluding hydrogens is 246 g/mol. The van der Waals surface area contributed by atoms with Crippen LogP contribution in [0.1, 0.15) is 21.9 Å². The van der Waals surface area contributed by atoms with Crippen LogP contribution in [0.5, 0.6) is 11.5 Å². The standard InChI is InChI=1S/C14H15NO4/c1-9-6-7-10(19-9)8-15(2)14(18)13-11(16)4-3-5-12(13)17/h3-7,16-17H,8H2,1-2H3. The van der Waals surface area contributed by atoms with Crippen molar-refractivity contribution in [1.29, 1.82) is 0 Å². The normalized spacial score (nSPS) is 10.4. The second-order valence-corrected chi connectivity index (χ2v) is 4.34. The minimum absolute atomic E-state index is 0.103. The fourth-order valence-corrected chi connectivity index (χ4v) is 1.81. The number of aromatic hydroxyl groups is 2. The monoisotopic (exact) mass is 261 g/mol. The first kappa shape index (κ1) is 13.0. The highest BCUT2D eigenvalue weighted by atomic mass is 16.3. The molecule has 1 aromatic heterocycles. The van der Waals surface area contributed by atoms with E-state index in [1.165, 1.54) is 23.1 Å². The maximum atomic E-state index is 12.2. The molecule has 0 spiro atoms. The summed E-state index contributed by atoms with van der Waals surface area (Å²) in [5, 5.41) is 19.3. The Labute approximate surface area is 110 Å². The van der Waals surface area contributed by atoms with Crippen molar-refractivity contribution < 1.29 is 19.4 Å². The molecule has 2 rings (SSSR count). The van der Waals surface area contributed by atoms with Gasteiger partial charge in [-0.3, -0.25) is 4.79 Å². The van der Waals surface area contributed by atoms with E-state index in [2.05, 4.69) is 0 Å². The zero-order chi connectivity index (χ0) is 14.0. The minimum atomic E-state index is -0.468. The zero-order valence-corrected chi connectivity index (χ0v) is 10.8. The highest BCUT2D eigenvalue weighted by Gasteiger charge is 2.20. The molecule has 0 fully saturated rings. The molecule has 2 aromatic rings. The summed E-state index contributed by atoms with van der Waals surface area (Å²) in [7, 11) is 1.58. The van der Waals surface area contributed by atoms with Gasteiger partial charge in [0.1, 0.15) is 28.6 Å². The van der Waals surface area contributed by atoms with Crippen LogP contribution in [0.15, 0.2) is 34.7 Å². The molecule has 0 aliphatic rings. The van der Waals surface area contributed by atoms with E-state index in [-0.39, 0.29) is 23.6 Å². The second kappa shape index (κ2) is 5.06. The Morgan fingerprint density at radius 3 is 2.37 bits per heavy atom. The van der Waals surface area contributed by atoms with Gasteiger partial charge in [-0.05, 0) is 31.2 Å². The summed E-state index contributed by atoms with van der Waals surface area (Å²) in [5.74, 6) is 0.453. The Balaban J connectivity index is 2.19. The number of benzene rings is 1. The van der Waals surface area contributed by atoms with Gasteiger partial charge in [0.2, 0.25) is 0 Å². The average Bonchev–Trinajstić information content (AvgIpc) is 2.74. The molecule has 0 radical (unpaired) electrons. The molecule has 19 heavy (non-hydrogen) atoms. The number of phenols is 2. The van der Waals surface area contributed by atoms with Crippen LogP contribution < -0.4 is 0 Å². The van der Waals surface area contributed by atoms with Crippen molar-refractivity contribution in [3.8, 4) is 11.5 Å². The summed E-state index contributed by atoms with van der Waals surface area (Å²) >= 11 is 0. The molecule has 1 amide bonds. The first-order chi connectivity index (χ1) is 8.99. The van der Waals surface area contributed by atoms with Crippen LogP contribution in [-0.2, 0) is 6.54 Å². The summed E-state index contributed by atoms with van der Waals surface area (Å²) in [6.45, 7) is 2.08. The zero-order valence-electron chi connectivity index (χ0n) is 10.8. The van der Waals surface area contributed by atoms with E-state index in [1.54, 1.807) is 13.1 Å². The third-order valence-corrected chi connectivity index (χ3v) is 2.77. The van der Waals surface area contributed by atoms with Gasteiger partial charge in [0.25, 0.3) is 5.91 Å². The molecule has 0 aliphatic heterocycles. The number of phenolic OH excluding ortho intramolecular Hbond substituents is 2. The molecule has 0 atom stereocenters. The fourth-order valence-electron chi connectivity index (χ4n) is 1.81. The van der Waals surface area contributed by atoms with Crippen LogP contribution in [0.3, 0.4) is 0 Å². The lowest BCUT2D eigenvalue weighted by molar-refractivity contribution is 0.0768. The lowest BCUT2D eigenvalue weighted by Gasteiger charge is -2.17. The lowest BCUT2D eigenvalue weighted by Crippen LogP contribution is -2.26.